The van der Waals surface area contributed by atoms with E-state index in [2.05, 4.69) is 30.0 Å². The molecule has 0 aliphatic carbocycles. The quantitative estimate of drug-likeness (QED) is 0.916. The van der Waals surface area contributed by atoms with Crippen molar-refractivity contribution in [1.29, 1.82) is 0 Å². The number of nitrogens with one attached hydrogen (secondary N) is 1. The highest BCUT2D eigenvalue weighted by molar-refractivity contribution is 9.10. The molecule has 0 aliphatic heterocycles. The number of rotatable bonds is 2. The molecular formula is C8H4BrClFN3S. The molecule has 78 valence electrons. The van der Waals surface area contributed by atoms with Gasteiger partial charge in [-0.15, -0.1) is 0 Å². The fourth-order valence-corrected chi connectivity index (χ4v) is 2.07. The van der Waals surface area contributed by atoms with Crippen LogP contribution in [0.1, 0.15) is 0 Å². The molecule has 0 fully saturated rings. The second kappa shape index (κ2) is 4.42. The molecule has 1 aromatic heterocycles. The van der Waals surface area contributed by atoms with Gasteiger partial charge in [-0.05, 0) is 28.1 Å². The van der Waals surface area contributed by atoms with Crippen LogP contribution in [0.25, 0.3) is 0 Å². The number of halogens is 3. The lowest BCUT2D eigenvalue weighted by Gasteiger charge is -2.06. The maximum atomic E-state index is 13.4. The zero-order valence-corrected chi connectivity index (χ0v) is 10.3. The van der Waals surface area contributed by atoms with E-state index in [9.17, 15) is 4.39 Å². The fraction of sp³-hybridized carbons (Fsp3) is 0. The molecule has 3 nitrogen and oxygen atoms in total. The average Bonchev–Trinajstić information content (AvgIpc) is 2.58. The van der Waals surface area contributed by atoms with Gasteiger partial charge in [0.15, 0.2) is 11.0 Å². The monoisotopic (exact) mass is 307 g/mol. The summed E-state index contributed by atoms with van der Waals surface area (Å²) in [7, 11) is 0. The second-order valence-corrected chi connectivity index (χ2v) is 4.37. The van der Waals surface area contributed by atoms with Crippen molar-refractivity contribution in [2.45, 2.75) is 0 Å². The molecule has 0 atom stereocenters. The van der Waals surface area contributed by atoms with Crippen LogP contribution in [0, 0.1) is 5.82 Å². The van der Waals surface area contributed by atoms with Crippen LogP contribution in [0.15, 0.2) is 22.7 Å². The Bertz CT molecular complexity index is 470. The number of aromatic nitrogens is 2. The van der Waals surface area contributed by atoms with E-state index in [0.717, 1.165) is 11.7 Å². The van der Waals surface area contributed by atoms with Crippen LogP contribution >= 0.6 is 39.3 Å². The van der Waals surface area contributed by atoms with E-state index >= 15 is 0 Å². The molecular weight excluding hydrogens is 305 g/mol. The molecule has 2 rings (SSSR count). The first-order chi connectivity index (χ1) is 7.18. The van der Waals surface area contributed by atoms with Gasteiger partial charge in [-0.2, -0.15) is 8.75 Å². The summed E-state index contributed by atoms with van der Waals surface area (Å²) in [6, 6.07) is 4.67. The number of hydrogen-bond donors (Lipinski definition) is 1. The molecule has 1 aromatic carbocycles. The SMILES string of the molecule is Fc1cccc(Br)c1Nc1nsnc1Cl. The van der Waals surface area contributed by atoms with Crippen LogP contribution in [0.2, 0.25) is 5.15 Å². The number of para-hydroxylation sites is 1. The Morgan fingerprint density at radius 1 is 1.40 bits per heavy atom. The van der Waals surface area contributed by atoms with E-state index < -0.39 is 0 Å². The van der Waals surface area contributed by atoms with Gasteiger partial charge in [-0.1, -0.05) is 17.7 Å². The zero-order valence-electron chi connectivity index (χ0n) is 7.17. The van der Waals surface area contributed by atoms with Gasteiger partial charge in [-0.25, -0.2) is 4.39 Å². The third-order valence-corrected chi connectivity index (χ3v) is 3.21. The topological polar surface area (TPSA) is 37.8 Å². The number of nitrogens with zero attached hydrogens (tertiary/aromatic N) is 2. The van der Waals surface area contributed by atoms with Crippen molar-refractivity contribution < 1.29 is 4.39 Å². The van der Waals surface area contributed by atoms with Crippen LogP contribution in [0.4, 0.5) is 15.9 Å². The molecule has 1 heterocycles. The van der Waals surface area contributed by atoms with Gasteiger partial charge in [0.1, 0.15) is 5.82 Å². The van der Waals surface area contributed by atoms with Crippen molar-refractivity contribution in [2.75, 3.05) is 5.32 Å². The highest BCUT2D eigenvalue weighted by atomic mass is 79.9. The maximum Gasteiger partial charge on any atom is 0.187 e. The Morgan fingerprint density at radius 2 is 2.20 bits per heavy atom. The van der Waals surface area contributed by atoms with Gasteiger partial charge < -0.3 is 5.32 Å². The molecule has 0 aliphatic rings. The van der Waals surface area contributed by atoms with Crippen molar-refractivity contribution in [3.05, 3.63) is 33.6 Å². The Kier molecular flexibility index (Phi) is 3.18. The average molecular weight is 309 g/mol. The molecule has 0 saturated heterocycles. The number of benzene rings is 1. The van der Waals surface area contributed by atoms with Crippen molar-refractivity contribution in [3.63, 3.8) is 0 Å². The van der Waals surface area contributed by atoms with Crippen LogP contribution in [0.3, 0.4) is 0 Å². The van der Waals surface area contributed by atoms with Gasteiger partial charge in [0.2, 0.25) is 0 Å². The third-order valence-electron chi connectivity index (χ3n) is 1.65. The first kappa shape index (κ1) is 10.8. The second-order valence-electron chi connectivity index (χ2n) is 2.63. The number of anilines is 2. The van der Waals surface area contributed by atoms with E-state index in [-0.39, 0.29) is 11.0 Å². The highest BCUT2D eigenvalue weighted by Crippen LogP contribution is 2.30. The van der Waals surface area contributed by atoms with E-state index in [0.29, 0.717) is 16.0 Å². The van der Waals surface area contributed by atoms with Crippen LogP contribution < -0.4 is 5.32 Å². The summed E-state index contributed by atoms with van der Waals surface area (Å²) >= 11 is 9.92. The molecule has 0 unspecified atom stereocenters. The molecule has 1 N–H and O–H groups in total. The first-order valence-electron chi connectivity index (χ1n) is 3.87. The van der Waals surface area contributed by atoms with E-state index in [4.69, 9.17) is 11.6 Å². The molecule has 0 bridgehead atoms. The number of hydrogen-bond acceptors (Lipinski definition) is 4. The lowest BCUT2D eigenvalue weighted by atomic mass is 10.3. The minimum atomic E-state index is -0.381. The van der Waals surface area contributed by atoms with Gasteiger partial charge in [0.05, 0.1) is 17.4 Å². The lowest BCUT2D eigenvalue weighted by molar-refractivity contribution is 0.631. The summed E-state index contributed by atoms with van der Waals surface area (Å²) < 4.78 is 21.7. The molecule has 0 amide bonds. The largest absolute Gasteiger partial charge is 0.333 e. The summed E-state index contributed by atoms with van der Waals surface area (Å²) in [6.07, 6.45) is 0. The summed E-state index contributed by atoms with van der Waals surface area (Å²) in [5.41, 5.74) is 0.298. The molecule has 0 radical (unpaired) electrons. The normalized spacial score (nSPS) is 10.3. The predicted octanol–water partition coefficient (Wildman–Crippen LogP) is 3.84. The van der Waals surface area contributed by atoms with Gasteiger partial charge in [-0.3, -0.25) is 0 Å². The zero-order chi connectivity index (χ0) is 10.8. The smallest absolute Gasteiger partial charge is 0.187 e. The van der Waals surface area contributed by atoms with Crippen LogP contribution in [-0.2, 0) is 0 Å². The van der Waals surface area contributed by atoms with Crippen LogP contribution in [-0.4, -0.2) is 8.75 Å². The van der Waals surface area contributed by atoms with Gasteiger partial charge in [0, 0.05) is 4.47 Å². The minimum absolute atomic E-state index is 0.232. The van der Waals surface area contributed by atoms with Crippen LogP contribution in [0.5, 0.6) is 0 Å². The minimum Gasteiger partial charge on any atom is -0.333 e. The van der Waals surface area contributed by atoms with Crippen molar-refractivity contribution in [2.24, 2.45) is 0 Å². The molecule has 0 spiro atoms. The first-order valence-corrected chi connectivity index (χ1v) is 5.77. The predicted molar refractivity (Wildman–Crippen MR) is 62.3 cm³/mol. The third kappa shape index (κ3) is 2.27. The Balaban J connectivity index is 2.36. The highest BCUT2D eigenvalue weighted by Gasteiger charge is 2.11. The van der Waals surface area contributed by atoms with Crippen molar-refractivity contribution >= 4 is 50.8 Å². The fourth-order valence-electron chi connectivity index (χ4n) is 0.988. The molecule has 0 saturated carbocycles. The Morgan fingerprint density at radius 3 is 2.80 bits per heavy atom. The molecule has 15 heavy (non-hydrogen) atoms. The van der Waals surface area contributed by atoms with Gasteiger partial charge >= 0.3 is 0 Å². The Labute approximate surface area is 103 Å². The maximum absolute atomic E-state index is 13.4. The van der Waals surface area contributed by atoms with E-state index in [1.54, 1.807) is 12.1 Å². The summed E-state index contributed by atoms with van der Waals surface area (Å²) in [4.78, 5) is 0. The lowest BCUT2D eigenvalue weighted by Crippen LogP contribution is -1.95. The van der Waals surface area contributed by atoms with Gasteiger partial charge in [0.25, 0.3) is 0 Å². The summed E-state index contributed by atoms with van der Waals surface area (Å²) in [5.74, 6) is -0.0269. The summed E-state index contributed by atoms with van der Waals surface area (Å²) in [6.45, 7) is 0. The van der Waals surface area contributed by atoms with E-state index in [1.807, 2.05) is 0 Å². The Hall–Kier alpha value is -0.720. The molecule has 7 heteroatoms. The van der Waals surface area contributed by atoms with Crippen molar-refractivity contribution in [1.82, 2.24) is 8.75 Å². The summed E-state index contributed by atoms with van der Waals surface area (Å²) in [5, 5.41) is 3.00. The standard InChI is InChI=1S/C8H4BrClFN3S/c9-4-2-1-3-5(11)6(4)12-8-7(10)13-15-14-8/h1-3H,(H,12,14). The van der Waals surface area contributed by atoms with Crippen molar-refractivity contribution in [3.8, 4) is 0 Å². The molecule has 2 aromatic rings. The van der Waals surface area contributed by atoms with E-state index in [1.165, 1.54) is 6.07 Å².